The highest BCUT2D eigenvalue weighted by molar-refractivity contribution is 5.47. The molecule has 3 nitrogen and oxygen atoms in total. The Morgan fingerprint density at radius 2 is 2.22 bits per heavy atom. The van der Waals surface area contributed by atoms with Gasteiger partial charge in [0.05, 0.1) is 0 Å². The molecule has 0 bridgehead atoms. The molecule has 2 rings (SSSR count). The van der Waals surface area contributed by atoms with Gasteiger partial charge in [0.1, 0.15) is 5.82 Å². The summed E-state index contributed by atoms with van der Waals surface area (Å²) < 4.78 is 0. The van der Waals surface area contributed by atoms with Crippen LogP contribution in [0.2, 0.25) is 0 Å². The van der Waals surface area contributed by atoms with E-state index in [0.29, 0.717) is 6.04 Å². The van der Waals surface area contributed by atoms with Gasteiger partial charge in [0.15, 0.2) is 0 Å². The van der Waals surface area contributed by atoms with E-state index in [4.69, 9.17) is 5.73 Å². The monoisotopic (exact) mass is 247 g/mol. The Morgan fingerprint density at radius 3 is 2.83 bits per heavy atom. The van der Waals surface area contributed by atoms with E-state index in [-0.39, 0.29) is 6.04 Å². The van der Waals surface area contributed by atoms with Crippen LogP contribution in [0.5, 0.6) is 0 Å². The van der Waals surface area contributed by atoms with E-state index in [1.54, 1.807) is 0 Å². The Hall–Kier alpha value is -1.09. The standard InChI is InChI=1S/C15H25N3/c1-4-14(16)10-13-6-5-9-17-15(13)18(3)11(2)12-7-8-12/h5-6,9,11-12,14H,4,7-8,10,16H2,1-3H3. The molecule has 1 aliphatic rings. The third-order valence-corrected chi connectivity index (χ3v) is 4.12. The fraction of sp³-hybridized carbons (Fsp3) is 0.667. The zero-order valence-electron chi connectivity index (χ0n) is 11.8. The van der Waals surface area contributed by atoms with Gasteiger partial charge in [-0.05, 0) is 50.2 Å². The number of rotatable bonds is 6. The zero-order chi connectivity index (χ0) is 13.1. The summed E-state index contributed by atoms with van der Waals surface area (Å²) in [5, 5.41) is 0. The summed E-state index contributed by atoms with van der Waals surface area (Å²) in [6, 6.07) is 4.99. The highest BCUT2D eigenvalue weighted by Gasteiger charge is 2.31. The maximum atomic E-state index is 6.08. The minimum atomic E-state index is 0.234. The van der Waals surface area contributed by atoms with Gasteiger partial charge in [-0.3, -0.25) is 0 Å². The van der Waals surface area contributed by atoms with Crippen molar-refractivity contribution in [1.29, 1.82) is 0 Å². The van der Waals surface area contributed by atoms with Crippen LogP contribution in [0.1, 0.15) is 38.7 Å². The number of aromatic nitrogens is 1. The molecular formula is C15H25N3. The van der Waals surface area contributed by atoms with Crippen LogP contribution in [0.15, 0.2) is 18.3 Å². The third kappa shape index (κ3) is 3.02. The second-order valence-corrected chi connectivity index (χ2v) is 5.55. The number of nitrogens with zero attached hydrogens (tertiary/aromatic N) is 2. The van der Waals surface area contributed by atoms with Crippen molar-refractivity contribution in [2.45, 2.75) is 51.6 Å². The number of hydrogen-bond acceptors (Lipinski definition) is 3. The summed E-state index contributed by atoms with van der Waals surface area (Å²) in [4.78, 5) is 6.90. The average Bonchev–Trinajstić information content (AvgIpc) is 3.22. The predicted molar refractivity (Wildman–Crippen MR) is 76.8 cm³/mol. The van der Waals surface area contributed by atoms with Gasteiger partial charge in [0.25, 0.3) is 0 Å². The van der Waals surface area contributed by atoms with Gasteiger partial charge in [-0.1, -0.05) is 13.0 Å². The molecule has 1 saturated carbocycles. The van der Waals surface area contributed by atoms with E-state index in [1.165, 1.54) is 18.4 Å². The molecule has 1 aliphatic carbocycles. The molecule has 0 radical (unpaired) electrons. The Bertz CT molecular complexity index is 387. The zero-order valence-corrected chi connectivity index (χ0v) is 11.8. The first-order valence-corrected chi connectivity index (χ1v) is 7.05. The molecule has 100 valence electrons. The van der Waals surface area contributed by atoms with Crippen molar-refractivity contribution >= 4 is 5.82 Å². The largest absolute Gasteiger partial charge is 0.356 e. The van der Waals surface area contributed by atoms with E-state index in [1.807, 2.05) is 12.3 Å². The highest BCUT2D eigenvalue weighted by Crippen LogP contribution is 2.36. The molecule has 0 saturated heterocycles. The van der Waals surface area contributed by atoms with Crippen LogP contribution in [0.4, 0.5) is 5.82 Å². The summed E-state index contributed by atoms with van der Waals surface area (Å²) in [6.45, 7) is 4.44. The molecule has 2 atom stereocenters. The van der Waals surface area contributed by atoms with Gasteiger partial charge in [-0.25, -0.2) is 4.98 Å². The number of nitrogens with two attached hydrogens (primary N) is 1. The first-order chi connectivity index (χ1) is 8.63. The van der Waals surface area contributed by atoms with E-state index >= 15 is 0 Å². The van der Waals surface area contributed by atoms with Crippen LogP contribution >= 0.6 is 0 Å². The summed E-state index contributed by atoms with van der Waals surface area (Å²) in [6.07, 6.45) is 6.54. The summed E-state index contributed by atoms with van der Waals surface area (Å²) in [5.74, 6) is 1.96. The first-order valence-electron chi connectivity index (χ1n) is 7.05. The maximum absolute atomic E-state index is 6.08. The van der Waals surface area contributed by atoms with Gasteiger partial charge >= 0.3 is 0 Å². The van der Waals surface area contributed by atoms with Gasteiger partial charge < -0.3 is 10.6 Å². The van der Waals surface area contributed by atoms with Gasteiger partial charge in [0.2, 0.25) is 0 Å². The lowest BCUT2D eigenvalue weighted by Crippen LogP contribution is -2.33. The predicted octanol–water partition coefficient (Wildman–Crippen LogP) is 2.60. The van der Waals surface area contributed by atoms with Crippen molar-refractivity contribution in [3.8, 4) is 0 Å². The van der Waals surface area contributed by atoms with Crippen LogP contribution < -0.4 is 10.6 Å². The minimum absolute atomic E-state index is 0.234. The number of hydrogen-bond donors (Lipinski definition) is 1. The molecule has 0 aliphatic heterocycles. The molecule has 0 amide bonds. The molecule has 18 heavy (non-hydrogen) atoms. The lowest BCUT2D eigenvalue weighted by Gasteiger charge is -2.28. The van der Waals surface area contributed by atoms with E-state index in [2.05, 4.69) is 36.8 Å². The fourth-order valence-electron chi connectivity index (χ4n) is 2.42. The van der Waals surface area contributed by atoms with Gasteiger partial charge in [0, 0.05) is 25.3 Å². The molecule has 2 unspecified atom stereocenters. The fourth-order valence-corrected chi connectivity index (χ4v) is 2.42. The van der Waals surface area contributed by atoms with Crippen molar-refractivity contribution in [2.24, 2.45) is 11.7 Å². The van der Waals surface area contributed by atoms with Crippen LogP contribution in [0, 0.1) is 5.92 Å². The van der Waals surface area contributed by atoms with Crippen LogP contribution in [0.25, 0.3) is 0 Å². The lowest BCUT2D eigenvalue weighted by atomic mass is 10.0. The second kappa shape index (κ2) is 5.70. The smallest absolute Gasteiger partial charge is 0.131 e. The number of anilines is 1. The normalized spacial score (nSPS) is 18.4. The molecule has 1 heterocycles. The average molecular weight is 247 g/mol. The van der Waals surface area contributed by atoms with Gasteiger partial charge in [-0.2, -0.15) is 0 Å². The third-order valence-electron chi connectivity index (χ3n) is 4.12. The van der Waals surface area contributed by atoms with Crippen LogP contribution in [-0.4, -0.2) is 24.1 Å². The summed E-state index contributed by atoms with van der Waals surface area (Å²) in [5.41, 5.74) is 7.36. The van der Waals surface area contributed by atoms with Crippen molar-refractivity contribution in [3.05, 3.63) is 23.9 Å². The van der Waals surface area contributed by atoms with E-state index in [9.17, 15) is 0 Å². The molecule has 0 aromatic carbocycles. The summed E-state index contributed by atoms with van der Waals surface area (Å²) in [7, 11) is 2.16. The molecule has 1 aromatic rings. The summed E-state index contributed by atoms with van der Waals surface area (Å²) >= 11 is 0. The van der Waals surface area contributed by atoms with E-state index < -0.39 is 0 Å². The lowest BCUT2D eigenvalue weighted by molar-refractivity contribution is 0.595. The minimum Gasteiger partial charge on any atom is -0.356 e. The molecular weight excluding hydrogens is 222 g/mol. The van der Waals surface area contributed by atoms with Crippen molar-refractivity contribution in [2.75, 3.05) is 11.9 Å². The molecule has 1 aromatic heterocycles. The maximum Gasteiger partial charge on any atom is 0.131 e. The quantitative estimate of drug-likeness (QED) is 0.840. The molecule has 0 spiro atoms. The Kier molecular flexibility index (Phi) is 4.23. The van der Waals surface area contributed by atoms with Crippen LogP contribution in [0.3, 0.4) is 0 Å². The van der Waals surface area contributed by atoms with Crippen molar-refractivity contribution in [3.63, 3.8) is 0 Å². The topological polar surface area (TPSA) is 42.1 Å². The Labute approximate surface area is 110 Å². The van der Waals surface area contributed by atoms with E-state index in [0.717, 1.165) is 24.6 Å². The Balaban J connectivity index is 2.15. The molecule has 1 fully saturated rings. The Morgan fingerprint density at radius 1 is 1.50 bits per heavy atom. The highest BCUT2D eigenvalue weighted by atomic mass is 15.2. The number of pyridine rings is 1. The molecule has 3 heteroatoms. The van der Waals surface area contributed by atoms with Crippen LogP contribution in [-0.2, 0) is 6.42 Å². The van der Waals surface area contributed by atoms with Crippen molar-refractivity contribution < 1.29 is 0 Å². The molecule has 2 N–H and O–H groups in total. The second-order valence-electron chi connectivity index (χ2n) is 5.55. The SMILES string of the molecule is CCC(N)Cc1cccnc1N(C)C(C)C1CC1. The van der Waals surface area contributed by atoms with Crippen molar-refractivity contribution in [1.82, 2.24) is 4.98 Å². The van der Waals surface area contributed by atoms with Gasteiger partial charge in [-0.15, -0.1) is 0 Å². The first kappa shape index (κ1) is 13.3.